The zero-order valence-corrected chi connectivity index (χ0v) is 11.4. The minimum atomic E-state index is -0.574. The molecule has 0 aliphatic heterocycles. The van der Waals surface area contributed by atoms with Gasteiger partial charge in [0.1, 0.15) is 5.69 Å². The lowest BCUT2D eigenvalue weighted by Crippen LogP contribution is -2.14. The van der Waals surface area contributed by atoms with Gasteiger partial charge in [-0.3, -0.25) is 5.01 Å². The van der Waals surface area contributed by atoms with Crippen LogP contribution in [0.4, 0.5) is 5.69 Å². The molecular formula is C14H17N3O2. The number of rotatable bonds is 4. The van der Waals surface area contributed by atoms with Gasteiger partial charge in [0.25, 0.3) is 0 Å². The molecule has 0 spiro atoms. The Hall–Kier alpha value is -2.35. The number of hydrogen-bond acceptors (Lipinski definition) is 4. The van der Waals surface area contributed by atoms with E-state index in [1.807, 2.05) is 31.0 Å². The Morgan fingerprint density at radius 2 is 2.00 bits per heavy atom. The molecule has 0 aliphatic rings. The molecule has 1 rings (SSSR count). The molecule has 1 aromatic carbocycles. The van der Waals surface area contributed by atoms with E-state index >= 15 is 0 Å². The first-order valence-corrected chi connectivity index (χ1v) is 6.06. The van der Waals surface area contributed by atoms with Gasteiger partial charge in [-0.15, -0.1) is 5.11 Å². The molecule has 1 aromatic rings. The molecule has 0 N–H and O–H groups in total. The van der Waals surface area contributed by atoms with Crippen LogP contribution in [0, 0.1) is 11.8 Å². The molecule has 0 heterocycles. The summed E-state index contributed by atoms with van der Waals surface area (Å²) in [6.07, 6.45) is 0. The van der Waals surface area contributed by atoms with Crippen molar-refractivity contribution >= 4 is 11.7 Å². The predicted octanol–water partition coefficient (Wildman–Crippen LogP) is 2.55. The van der Waals surface area contributed by atoms with Gasteiger partial charge >= 0.3 is 5.97 Å². The summed E-state index contributed by atoms with van der Waals surface area (Å²) in [5.41, 5.74) is 1.27. The lowest BCUT2D eigenvalue weighted by molar-refractivity contribution is -0.133. The van der Waals surface area contributed by atoms with Crippen molar-refractivity contribution in [1.29, 1.82) is 0 Å². The first kappa shape index (κ1) is 14.7. The number of methoxy groups -OCH3 is 1. The van der Waals surface area contributed by atoms with E-state index in [0.29, 0.717) is 11.3 Å². The fourth-order valence-corrected chi connectivity index (χ4v) is 1.30. The summed E-state index contributed by atoms with van der Waals surface area (Å²) in [6.45, 7) is 5.59. The lowest BCUT2D eigenvalue weighted by Gasteiger charge is -2.11. The van der Waals surface area contributed by atoms with Crippen LogP contribution < -0.4 is 0 Å². The van der Waals surface area contributed by atoms with E-state index in [9.17, 15) is 4.79 Å². The third-order valence-corrected chi connectivity index (χ3v) is 2.40. The molecule has 0 saturated carbocycles. The predicted molar refractivity (Wildman–Crippen MR) is 72.8 cm³/mol. The maximum atomic E-state index is 11.0. The summed E-state index contributed by atoms with van der Waals surface area (Å²) in [5, 5.41) is 10.1. The summed E-state index contributed by atoms with van der Waals surface area (Å²) in [7, 11) is 1.29. The van der Waals surface area contributed by atoms with Crippen molar-refractivity contribution in [2.75, 3.05) is 20.2 Å². The topological polar surface area (TPSA) is 54.3 Å². The number of benzene rings is 1. The van der Waals surface area contributed by atoms with Crippen LogP contribution >= 0.6 is 0 Å². The molecule has 0 fully saturated rings. The van der Waals surface area contributed by atoms with Crippen LogP contribution in [0.5, 0.6) is 0 Å². The number of esters is 1. The molecule has 0 saturated heterocycles. The van der Waals surface area contributed by atoms with Crippen LogP contribution in [-0.2, 0) is 9.53 Å². The van der Waals surface area contributed by atoms with Gasteiger partial charge in [-0.25, -0.2) is 4.79 Å². The van der Waals surface area contributed by atoms with Gasteiger partial charge < -0.3 is 4.74 Å². The van der Waals surface area contributed by atoms with Crippen molar-refractivity contribution in [3.05, 3.63) is 29.8 Å². The molecule has 100 valence electrons. The van der Waals surface area contributed by atoms with Gasteiger partial charge in [-0.1, -0.05) is 23.3 Å². The van der Waals surface area contributed by atoms with E-state index < -0.39 is 5.97 Å². The monoisotopic (exact) mass is 259 g/mol. The van der Waals surface area contributed by atoms with Gasteiger partial charge in [0, 0.05) is 19.0 Å². The zero-order valence-electron chi connectivity index (χ0n) is 11.4. The second kappa shape index (κ2) is 7.88. The van der Waals surface area contributed by atoms with Crippen LogP contribution in [0.3, 0.4) is 0 Å². The van der Waals surface area contributed by atoms with Crippen molar-refractivity contribution in [2.45, 2.75) is 13.8 Å². The number of nitrogens with zero attached hydrogens (tertiary/aromatic N) is 3. The highest BCUT2D eigenvalue weighted by Gasteiger charge is 1.99. The molecule has 0 amide bonds. The van der Waals surface area contributed by atoms with Crippen molar-refractivity contribution in [1.82, 2.24) is 5.01 Å². The van der Waals surface area contributed by atoms with E-state index in [1.165, 1.54) is 7.11 Å². The number of hydrogen-bond donors (Lipinski definition) is 0. The molecule has 0 bridgehead atoms. The summed E-state index contributed by atoms with van der Waals surface area (Å²) < 4.78 is 4.47. The standard InChI is InChI=1S/C14H17N3O2/c1-4-17(5-2)16-15-13-9-7-6-8-12(13)10-11-14(18)19-3/h6-9H,4-5H2,1-3H3. The third-order valence-electron chi connectivity index (χ3n) is 2.40. The highest BCUT2D eigenvalue weighted by Crippen LogP contribution is 2.18. The van der Waals surface area contributed by atoms with Gasteiger partial charge in [0.2, 0.25) is 0 Å². The van der Waals surface area contributed by atoms with Crippen LogP contribution in [-0.4, -0.2) is 31.2 Å². The highest BCUT2D eigenvalue weighted by atomic mass is 16.5. The summed E-state index contributed by atoms with van der Waals surface area (Å²) >= 11 is 0. The van der Waals surface area contributed by atoms with Crippen molar-refractivity contribution in [3.8, 4) is 11.8 Å². The van der Waals surface area contributed by atoms with Crippen LogP contribution in [0.25, 0.3) is 0 Å². The molecule has 0 atom stereocenters. The van der Waals surface area contributed by atoms with E-state index in [2.05, 4.69) is 26.9 Å². The maximum Gasteiger partial charge on any atom is 0.384 e. The van der Waals surface area contributed by atoms with Crippen LogP contribution in [0.15, 0.2) is 34.6 Å². The molecule has 5 heteroatoms. The smallest absolute Gasteiger partial charge is 0.384 e. The average molecular weight is 259 g/mol. The summed E-state index contributed by atoms with van der Waals surface area (Å²) in [6, 6.07) is 7.26. The summed E-state index contributed by atoms with van der Waals surface area (Å²) in [4.78, 5) is 11.0. The Balaban J connectivity index is 2.95. The molecule has 5 nitrogen and oxygen atoms in total. The second-order valence-corrected chi connectivity index (χ2v) is 3.59. The highest BCUT2D eigenvalue weighted by molar-refractivity contribution is 5.89. The van der Waals surface area contributed by atoms with Crippen molar-refractivity contribution in [2.24, 2.45) is 10.3 Å². The van der Waals surface area contributed by atoms with E-state index in [1.54, 1.807) is 12.1 Å². The van der Waals surface area contributed by atoms with Crippen molar-refractivity contribution < 1.29 is 9.53 Å². The summed E-state index contributed by atoms with van der Waals surface area (Å²) in [5.74, 6) is 4.53. The Morgan fingerprint density at radius 3 is 2.63 bits per heavy atom. The third kappa shape index (κ3) is 4.80. The first-order valence-electron chi connectivity index (χ1n) is 6.06. The fourth-order valence-electron chi connectivity index (χ4n) is 1.30. The van der Waals surface area contributed by atoms with E-state index in [4.69, 9.17) is 0 Å². The molecule has 19 heavy (non-hydrogen) atoms. The molecular weight excluding hydrogens is 242 g/mol. The normalized spacial score (nSPS) is 9.84. The minimum Gasteiger partial charge on any atom is -0.459 e. The number of carbonyl (C=O) groups excluding carboxylic acids is 1. The van der Waals surface area contributed by atoms with E-state index in [0.717, 1.165) is 13.1 Å². The zero-order chi connectivity index (χ0) is 14.1. The number of ether oxygens (including phenoxy) is 1. The maximum absolute atomic E-state index is 11.0. The van der Waals surface area contributed by atoms with Crippen molar-refractivity contribution in [3.63, 3.8) is 0 Å². The Labute approximate surface area is 113 Å². The van der Waals surface area contributed by atoms with E-state index in [-0.39, 0.29) is 0 Å². The Morgan fingerprint density at radius 1 is 1.32 bits per heavy atom. The second-order valence-electron chi connectivity index (χ2n) is 3.59. The minimum absolute atomic E-state index is 0.574. The molecule has 0 unspecified atom stereocenters. The first-order chi connectivity index (χ1) is 9.21. The quantitative estimate of drug-likeness (QED) is 0.361. The largest absolute Gasteiger partial charge is 0.459 e. The van der Waals surface area contributed by atoms with Crippen LogP contribution in [0.1, 0.15) is 19.4 Å². The molecule has 0 aliphatic carbocycles. The SMILES string of the molecule is CCN(CC)N=Nc1ccccc1C#CC(=O)OC. The molecule has 0 aromatic heterocycles. The van der Waals surface area contributed by atoms with Gasteiger partial charge in [0.15, 0.2) is 0 Å². The average Bonchev–Trinajstić information content (AvgIpc) is 2.46. The van der Waals surface area contributed by atoms with Gasteiger partial charge in [-0.2, -0.15) is 0 Å². The van der Waals surface area contributed by atoms with Gasteiger partial charge in [0.05, 0.1) is 12.7 Å². The lowest BCUT2D eigenvalue weighted by atomic mass is 10.2. The Kier molecular flexibility index (Phi) is 6.10. The fraction of sp³-hybridized carbons (Fsp3) is 0.357. The van der Waals surface area contributed by atoms with Crippen LogP contribution in [0.2, 0.25) is 0 Å². The molecule has 0 radical (unpaired) electrons. The number of carbonyl (C=O) groups is 1. The van der Waals surface area contributed by atoms with Gasteiger partial charge in [-0.05, 0) is 26.0 Å². The Bertz CT molecular complexity index is 511.